The number of para-hydroxylation sites is 1. The van der Waals surface area contributed by atoms with Crippen molar-refractivity contribution < 1.29 is 4.42 Å². The molecule has 0 fully saturated rings. The van der Waals surface area contributed by atoms with Crippen LogP contribution >= 0.6 is 0 Å². The van der Waals surface area contributed by atoms with Crippen molar-refractivity contribution in [3.05, 3.63) is 176 Å². The first-order valence-electron chi connectivity index (χ1n) is 17.1. The van der Waals surface area contributed by atoms with E-state index in [9.17, 15) is 0 Å². The molecule has 10 aromatic rings. The Kier molecular flexibility index (Phi) is 6.78. The van der Waals surface area contributed by atoms with Gasteiger partial charge in [0.25, 0.3) is 0 Å². The van der Waals surface area contributed by atoms with Gasteiger partial charge in [0, 0.05) is 27.5 Å². The van der Waals surface area contributed by atoms with Crippen LogP contribution in [0.15, 0.2) is 180 Å². The van der Waals surface area contributed by atoms with Gasteiger partial charge in [-0.1, -0.05) is 152 Å². The van der Waals surface area contributed by atoms with Crippen molar-refractivity contribution in [2.45, 2.75) is 0 Å². The highest BCUT2D eigenvalue weighted by Gasteiger charge is 2.20. The Morgan fingerprint density at radius 3 is 1.65 bits per heavy atom. The van der Waals surface area contributed by atoms with Crippen molar-refractivity contribution in [3.63, 3.8) is 0 Å². The van der Waals surface area contributed by atoms with Crippen molar-refractivity contribution >= 4 is 43.5 Å². The molecule has 2 aromatic heterocycles. The molecule has 0 bridgehead atoms. The fraction of sp³-hybridized carbons (Fsp3) is 0. The van der Waals surface area contributed by atoms with Crippen LogP contribution in [0.4, 0.5) is 0 Å². The average Bonchev–Trinajstić information content (AvgIpc) is 3.59. The third-order valence-electron chi connectivity index (χ3n) is 9.72. The van der Waals surface area contributed by atoms with E-state index in [2.05, 4.69) is 121 Å². The zero-order valence-electron chi connectivity index (χ0n) is 27.5. The lowest BCUT2D eigenvalue weighted by atomic mass is 9.95. The van der Waals surface area contributed by atoms with E-state index in [-0.39, 0.29) is 0 Å². The summed E-state index contributed by atoms with van der Waals surface area (Å²) in [5.74, 6) is 1.82. The molecule has 0 aliphatic carbocycles. The molecule has 0 aliphatic rings. The highest BCUT2D eigenvalue weighted by molar-refractivity contribution is 6.14. The van der Waals surface area contributed by atoms with E-state index in [1.165, 1.54) is 27.1 Å². The molecule has 0 aliphatic heterocycles. The van der Waals surface area contributed by atoms with Gasteiger partial charge in [-0.2, -0.15) is 0 Å². The Balaban J connectivity index is 1.19. The summed E-state index contributed by atoms with van der Waals surface area (Å²) in [4.78, 5) is 15.4. The minimum absolute atomic E-state index is 0.594. The number of hydrogen-bond donors (Lipinski definition) is 0. The lowest BCUT2D eigenvalue weighted by Gasteiger charge is -2.12. The fourth-order valence-electron chi connectivity index (χ4n) is 7.17. The molecular weight excluding hydrogens is 623 g/mol. The van der Waals surface area contributed by atoms with E-state index >= 15 is 0 Å². The zero-order chi connectivity index (χ0) is 33.7. The molecule has 0 radical (unpaired) electrons. The fourth-order valence-corrected chi connectivity index (χ4v) is 7.17. The first-order chi connectivity index (χ1) is 25.2. The van der Waals surface area contributed by atoms with E-state index in [4.69, 9.17) is 19.4 Å². The SMILES string of the molecule is c1ccc(-c2ccc(-c3nc(-c4ccccc4)nc(-c4cc(-c5ccc6c(ccc7ccccc76)c5)cc5oc6ccccc6c45)n3)cc2)cc1. The van der Waals surface area contributed by atoms with Crippen LogP contribution in [0.25, 0.3) is 99.9 Å². The number of rotatable bonds is 5. The van der Waals surface area contributed by atoms with E-state index in [1.54, 1.807) is 0 Å². The monoisotopic (exact) mass is 651 g/mol. The van der Waals surface area contributed by atoms with Gasteiger partial charge in [-0.15, -0.1) is 0 Å². The summed E-state index contributed by atoms with van der Waals surface area (Å²) < 4.78 is 6.54. The third kappa shape index (κ3) is 5.13. The number of furan rings is 1. The van der Waals surface area contributed by atoms with Crippen LogP contribution in [-0.2, 0) is 0 Å². The maximum atomic E-state index is 6.54. The molecular formula is C47H29N3O. The molecule has 10 rings (SSSR count). The average molecular weight is 652 g/mol. The van der Waals surface area contributed by atoms with Gasteiger partial charge in [0.05, 0.1) is 0 Å². The summed E-state index contributed by atoms with van der Waals surface area (Å²) in [6, 6.07) is 61.1. The van der Waals surface area contributed by atoms with E-state index < -0.39 is 0 Å². The van der Waals surface area contributed by atoms with E-state index in [0.717, 1.165) is 55.3 Å². The quantitative estimate of drug-likeness (QED) is 0.174. The van der Waals surface area contributed by atoms with Gasteiger partial charge in [0.1, 0.15) is 11.2 Å². The number of hydrogen-bond acceptors (Lipinski definition) is 4. The second-order valence-electron chi connectivity index (χ2n) is 12.8. The highest BCUT2D eigenvalue weighted by Crippen LogP contribution is 2.41. The van der Waals surface area contributed by atoms with Crippen molar-refractivity contribution in [3.8, 4) is 56.4 Å². The Morgan fingerprint density at radius 1 is 0.314 bits per heavy atom. The predicted molar refractivity (Wildman–Crippen MR) is 209 cm³/mol. The van der Waals surface area contributed by atoms with Crippen LogP contribution in [0.1, 0.15) is 0 Å². The molecule has 0 unspecified atom stereocenters. The number of fused-ring (bicyclic) bond motifs is 6. The summed E-state index contributed by atoms with van der Waals surface area (Å²) in [6.07, 6.45) is 0. The molecule has 0 amide bonds. The predicted octanol–water partition coefficient (Wildman–Crippen LogP) is 12.4. The van der Waals surface area contributed by atoms with Gasteiger partial charge in [0.2, 0.25) is 0 Å². The Morgan fingerprint density at radius 2 is 0.863 bits per heavy atom. The van der Waals surface area contributed by atoms with Crippen molar-refractivity contribution in [1.82, 2.24) is 15.0 Å². The smallest absolute Gasteiger partial charge is 0.164 e. The van der Waals surface area contributed by atoms with Crippen LogP contribution < -0.4 is 0 Å². The van der Waals surface area contributed by atoms with Gasteiger partial charge in [-0.3, -0.25) is 0 Å². The highest BCUT2D eigenvalue weighted by atomic mass is 16.3. The molecule has 51 heavy (non-hydrogen) atoms. The van der Waals surface area contributed by atoms with Gasteiger partial charge >= 0.3 is 0 Å². The first-order valence-corrected chi connectivity index (χ1v) is 17.1. The van der Waals surface area contributed by atoms with Crippen molar-refractivity contribution in [2.24, 2.45) is 0 Å². The van der Waals surface area contributed by atoms with Gasteiger partial charge < -0.3 is 4.42 Å². The summed E-state index contributed by atoms with van der Waals surface area (Å²) >= 11 is 0. The summed E-state index contributed by atoms with van der Waals surface area (Å²) in [5.41, 5.74) is 8.78. The third-order valence-corrected chi connectivity index (χ3v) is 9.72. The normalized spacial score (nSPS) is 11.5. The van der Waals surface area contributed by atoms with Gasteiger partial charge in [-0.25, -0.2) is 15.0 Å². The van der Waals surface area contributed by atoms with Gasteiger partial charge in [-0.05, 0) is 68.1 Å². The van der Waals surface area contributed by atoms with Crippen molar-refractivity contribution in [1.29, 1.82) is 0 Å². The molecule has 2 heterocycles. The molecule has 0 saturated carbocycles. The summed E-state index contributed by atoms with van der Waals surface area (Å²) in [5, 5.41) is 6.91. The molecule has 0 atom stereocenters. The minimum atomic E-state index is 0.594. The Labute approximate surface area is 294 Å². The van der Waals surface area contributed by atoms with Crippen LogP contribution in [-0.4, -0.2) is 15.0 Å². The second kappa shape index (κ2) is 11.9. The summed E-state index contributed by atoms with van der Waals surface area (Å²) in [7, 11) is 0. The maximum Gasteiger partial charge on any atom is 0.164 e. The maximum absolute atomic E-state index is 6.54. The van der Waals surface area contributed by atoms with E-state index in [1.807, 2.05) is 54.6 Å². The molecule has 0 saturated heterocycles. The number of aromatic nitrogens is 3. The van der Waals surface area contributed by atoms with Crippen molar-refractivity contribution in [2.75, 3.05) is 0 Å². The number of nitrogens with zero attached hydrogens (tertiary/aromatic N) is 3. The van der Waals surface area contributed by atoms with Crippen LogP contribution in [0, 0.1) is 0 Å². The first kappa shape index (κ1) is 29.0. The molecule has 4 heteroatoms. The Hall–Kier alpha value is -6.91. The molecule has 0 N–H and O–H groups in total. The van der Waals surface area contributed by atoms with Gasteiger partial charge in [0.15, 0.2) is 17.5 Å². The zero-order valence-corrected chi connectivity index (χ0v) is 27.5. The Bertz CT molecular complexity index is 2900. The van der Waals surface area contributed by atoms with E-state index in [0.29, 0.717) is 17.5 Å². The number of benzene rings is 8. The van der Waals surface area contributed by atoms with Crippen LogP contribution in [0.3, 0.4) is 0 Å². The standard InChI is InChI=1S/C47H29N3O/c1-3-11-30(12-4-1)31-19-22-34(23-20-31)46-48-45(33-14-5-2-6-15-33)49-47(50-46)41-28-37(29-43-44(41)40-17-9-10-18-42(40)51-43)35-25-26-39-36(27-35)24-21-32-13-7-8-16-38(32)39/h1-29H. The molecule has 0 spiro atoms. The minimum Gasteiger partial charge on any atom is -0.456 e. The topological polar surface area (TPSA) is 51.8 Å². The molecule has 238 valence electrons. The summed E-state index contributed by atoms with van der Waals surface area (Å²) in [6.45, 7) is 0. The van der Waals surface area contributed by atoms with Crippen LogP contribution in [0.5, 0.6) is 0 Å². The lowest BCUT2D eigenvalue weighted by molar-refractivity contribution is 0.669. The lowest BCUT2D eigenvalue weighted by Crippen LogP contribution is -2.00. The van der Waals surface area contributed by atoms with Crippen LogP contribution in [0.2, 0.25) is 0 Å². The largest absolute Gasteiger partial charge is 0.456 e. The second-order valence-corrected chi connectivity index (χ2v) is 12.8. The molecule has 4 nitrogen and oxygen atoms in total. The molecule has 8 aromatic carbocycles.